The van der Waals surface area contributed by atoms with E-state index >= 15 is 0 Å². The number of unbranched alkanes of at least 4 members (excludes halogenated alkanes) is 2. The van der Waals surface area contributed by atoms with Crippen LogP contribution in [-0.2, 0) is 4.74 Å². The van der Waals surface area contributed by atoms with E-state index in [2.05, 4.69) is 13.5 Å². The minimum absolute atomic E-state index is 0.316. The van der Waals surface area contributed by atoms with E-state index in [9.17, 15) is 9.59 Å². The molecule has 3 aromatic carbocycles. The maximum absolute atomic E-state index is 12.6. The number of carbonyl (C=O) groups is 2. The normalized spacial score (nSPS) is 11.4. The standard InChI is InChI=1S/C31H34O5/c1-4-6-7-8-21-34-28-17-13-25(14-18-28)24-9-11-27(12-10-24)31(33)36-29-19-15-26(16-20-29)30(32)35-22-23(3)5-2/h4,9-20,23H,1,5-8,21-22H2,2-3H3/t23-/m0/s1. The second-order valence-electron chi connectivity index (χ2n) is 8.76. The maximum atomic E-state index is 12.6. The van der Waals surface area contributed by atoms with Gasteiger partial charge in [-0.2, -0.15) is 0 Å². The Balaban J connectivity index is 1.52. The van der Waals surface area contributed by atoms with Gasteiger partial charge in [0.05, 0.1) is 24.3 Å². The van der Waals surface area contributed by atoms with Crippen molar-refractivity contribution in [1.29, 1.82) is 0 Å². The second-order valence-corrected chi connectivity index (χ2v) is 8.76. The molecule has 0 unspecified atom stereocenters. The smallest absolute Gasteiger partial charge is 0.343 e. The van der Waals surface area contributed by atoms with Crippen molar-refractivity contribution >= 4 is 11.9 Å². The molecule has 0 N–H and O–H groups in total. The number of rotatable bonds is 13. The highest BCUT2D eigenvalue weighted by Gasteiger charge is 2.12. The van der Waals surface area contributed by atoms with Crippen molar-refractivity contribution in [2.45, 2.75) is 39.5 Å². The topological polar surface area (TPSA) is 61.8 Å². The Morgan fingerprint density at radius 1 is 0.806 bits per heavy atom. The highest BCUT2D eigenvalue weighted by Crippen LogP contribution is 2.24. The van der Waals surface area contributed by atoms with Crippen LogP contribution in [0, 0.1) is 5.92 Å². The Hall–Kier alpha value is -3.86. The van der Waals surface area contributed by atoms with E-state index in [0.29, 0.717) is 36.0 Å². The quantitative estimate of drug-likeness (QED) is 0.108. The van der Waals surface area contributed by atoms with Gasteiger partial charge in [0.15, 0.2) is 0 Å². The number of hydrogen-bond acceptors (Lipinski definition) is 5. The molecule has 0 saturated heterocycles. The summed E-state index contributed by atoms with van der Waals surface area (Å²) in [4.78, 5) is 24.7. The molecule has 5 heteroatoms. The van der Waals surface area contributed by atoms with E-state index in [1.54, 1.807) is 36.4 Å². The molecule has 0 amide bonds. The molecule has 0 aliphatic rings. The van der Waals surface area contributed by atoms with Crippen LogP contribution in [0.4, 0.5) is 0 Å². The molecule has 0 aliphatic carbocycles. The minimum Gasteiger partial charge on any atom is -0.494 e. The number of hydrogen-bond donors (Lipinski definition) is 0. The third kappa shape index (κ3) is 8.12. The zero-order chi connectivity index (χ0) is 25.8. The first kappa shape index (κ1) is 26.7. The lowest BCUT2D eigenvalue weighted by Gasteiger charge is -2.10. The first-order valence-electron chi connectivity index (χ1n) is 12.4. The molecule has 0 aromatic heterocycles. The zero-order valence-corrected chi connectivity index (χ0v) is 21.1. The van der Waals surface area contributed by atoms with Gasteiger partial charge in [-0.15, -0.1) is 6.58 Å². The van der Waals surface area contributed by atoms with Gasteiger partial charge in [-0.25, -0.2) is 9.59 Å². The summed E-state index contributed by atoms with van der Waals surface area (Å²) >= 11 is 0. The number of esters is 2. The van der Waals surface area contributed by atoms with E-state index in [4.69, 9.17) is 14.2 Å². The van der Waals surface area contributed by atoms with Crippen LogP contribution in [0.1, 0.15) is 60.2 Å². The molecular formula is C31H34O5. The van der Waals surface area contributed by atoms with Crippen molar-refractivity contribution in [2.24, 2.45) is 5.92 Å². The van der Waals surface area contributed by atoms with Gasteiger partial charge in [0.2, 0.25) is 0 Å². The van der Waals surface area contributed by atoms with E-state index < -0.39 is 5.97 Å². The lowest BCUT2D eigenvalue weighted by molar-refractivity contribution is 0.0447. The van der Waals surface area contributed by atoms with E-state index in [1.165, 1.54) is 0 Å². The van der Waals surface area contributed by atoms with Gasteiger partial charge in [-0.3, -0.25) is 0 Å². The van der Waals surface area contributed by atoms with Crippen LogP contribution >= 0.6 is 0 Å². The van der Waals surface area contributed by atoms with Crippen LogP contribution in [0.5, 0.6) is 11.5 Å². The zero-order valence-electron chi connectivity index (χ0n) is 21.1. The molecule has 0 radical (unpaired) electrons. The Bertz CT molecular complexity index is 1120. The SMILES string of the molecule is C=CCCCCOc1ccc(-c2ccc(C(=O)Oc3ccc(C(=O)OC[C@@H](C)CC)cc3)cc2)cc1. The minimum atomic E-state index is -0.464. The predicted octanol–water partition coefficient (Wildman–Crippen LogP) is 7.51. The fourth-order valence-corrected chi connectivity index (χ4v) is 3.37. The van der Waals surface area contributed by atoms with Crippen molar-refractivity contribution in [3.63, 3.8) is 0 Å². The third-order valence-electron chi connectivity index (χ3n) is 5.88. The summed E-state index contributed by atoms with van der Waals surface area (Å²) in [5.74, 6) is 0.673. The van der Waals surface area contributed by atoms with Crippen LogP contribution in [-0.4, -0.2) is 25.2 Å². The highest BCUT2D eigenvalue weighted by atomic mass is 16.5. The Morgan fingerprint density at radius 3 is 1.97 bits per heavy atom. The third-order valence-corrected chi connectivity index (χ3v) is 5.88. The van der Waals surface area contributed by atoms with Crippen molar-refractivity contribution in [3.8, 4) is 22.6 Å². The van der Waals surface area contributed by atoms with Crippen LogP contribution in [0.3, 0.4) is 0 Å². The summed E-state index contributed by atoms with van der Waals surface area (Å²) in [6, 6.07) is 21.5. The fourth-order valence-electron chi connectivity index (χ4n) is 3.37. The van der Waals surface area contributed by atoms with Crippen LogP contribution < -0.4 is 9.47 Å². The number of ether oxygens (including phenoxy) is 3. The summed E-state index contributed by atoms with van der Waals surface area (Å²) in [7, 11) is 0. The van der Waals surface area contributed by atoms with Crippen LogP contribution in [0.15, 0.2) is 85.5 Å². The molecule has 0 aliphatic heterocycles. The van der Waals surface area contributed by atoms with E-state index in [1.807, 2.05) is 49.4 Å². The molecule has 36 heavy (non-hydrogen) atoms. The van der Waals surface area contributed by atoms with Gasteiger partial charge in [0, 0.05) is 0 Å². The van der Waals surface area contributed by atoms with E-state index in [-0.39, 0.29) is 5.97 Å². The van der Waals surface area contributed by atoms with Gasteiger partial charge in [-0.05, 0) is 84.8 Å². The Labute approximate surface area is 213 Å². The first-order chi connectivity index (χ1) is 17.5. The molecular weight excluding hydrogens is 452 g/mol. The van der Waals surface area contributed by atoms with Crippen molar-refractivity contribution < 1.29 is 23.8 Å². The average Bonchev–Trinajstić information content (AvgIpc) is 2.92. The molecule has 188 valence electrons. The van der Waals surface area contributed by atoms with Gasteiger partial charge in [0.1, 0.15) is 11.5 Å². The summed E-state index contributed by atoms with van der Waals surface area (Å²) < 4.78 is 16.5. The number of benzene rings is 3. The predicted molar refractivity (Wildman–Crippen MR) is 143 cm³/mol. The van der Waals surface area contributed by atoms with Gasteiger partial charge in [0.25, 0.3) is 0 Å². The lowest BCUT2D eigenvalue weighted by atomic mass is 10.0. The van der Waals surface area contributed by atoms with Crippen molar-refractivity contribution in [1.82, 2.24) is 0 Å². The summed E-state index contributed by atoms with van der Waals surface area (Å²) in [5, 5.41) is 0. The summed E-state index contributed by atoms with van der Waals surface area (Å²) in [6.45, 7) is 8.88. The molecule has 0 saturated carbocycles. The molecule has 0 fully saturated rings. The van der Waals surface area contributed by atoms with Crippen LogP contribution in [0.25, 0.3) is 11.1 Å². The lowest BCUT2D eigenvalue weighted by Crippen LogP contribution is -2.12. The largest absolute Gasteiger partial charge is 0.494 e. The maximum Gasteiger partial charge on any atom is 0.343 e. The molecule has 0 bridgehead atoms. The molecule has 1 atom stereocenters. The summed E-state index contributed by atoms with van der Waals surface area (Å²) in [5.41, 5.74) is 2.89. The van der Waals surface area contributed by atoms with Gasteiger partial charge < -0.3 is 14.2 Å². The van der Waals surface area contributed by atoms with Crippen molar-refractivity contribution in [2.75, 3.05) is 13.2 Å². The number of allylic oxidation sites excluding steroid dienone is 1. The fraction of sp³-hybridized carbons (Fsp3) is 0.290. The molecule has 3 aromatic rings. The Kier molecular flexibility index (Phi) is 10.3. The van der Waals surface area contributed by atoms with Gasteiger partial charge >= 0.3 is 11.9 Å². The van der Waals surface area contributed by atoms with Crippen molar-refractivity contribution in [3.05, 3.63) is 96.6 Å². The average molecular weight is 487 g/mol. The summed E-state index contributed by atoms with van der Waals surface area (Å²) in [6.07, 6.45) is 5.95. The van der Waals surface area contributed by atoms with Gasteiger partial charge in [-0.1, -0.05) is 50.6 Å². The first-order valence-corrected chi connectivity index (χ1v) is 12.4. The molecule has 0 heterocycles. The van der Waals surface area contributed by atoms with E-state index in [0.717, 1.165) is 42.6 Å². The molecule has 5 nitrogen and oxygen atoms in total. The molecule has 0 spiro atoms. The Morgan fingerprint density at radius 2 is 1.36 bits per heavy atom. The number of carbonyl (C=O) groups excluding carboxylic acids is 2. The highest BCUT2D eigenvalue weighted by molar-refractivity contribution is 5.92. The molecule has 3 rings (SSSR count). The second kappa shape index (κ2) is 13.9. The monoisotopic (exact) mass is 486 g/mol. The van der Waals surface area contributed by atoms with Crippen LogP contribution in [0.2, 0.25) is 0 Å².